The smallest absolute Gasteiger partial charge is 0.156 e. The largest absolute Gasteiger partial charge is 0.354 e. The van der Waals surface area contributed by atoms with Crippen molar-refractivity contribution in [3.05, 3.63) is 18.6 Å². The van der Waals surface area contributed by atoms with Crippen molar-refractivity contribution in [3.63, 3.8) is 0 Å². The summed E-state index contributed by atoms with van der Waals surface area (Å²) in [6, 6.07) is 2.53. The zero-order valence-electron chi connectivity index (χ0n) is 10.2. The van der Waals surface area contributed by atoms with Crippen LogP contribution >= 0.6 is 0 Å². The molecule has 1 fully saturated rings. The molecule has 2 aromatic rings. The van der Waals surface area contributed by atoms with Gasteiger partial charge in [-0.25, -0.2) is 9.97 Å². The lowest BCUT2D eigenvalue weighted by Crippen LogP contribution is -2.34. The van der Waals surface area contributed by atoms with Crippen LogP contribution in [0.3, 0.4) is 0 Å². The summed E-state index contributed by atoms with van der Waals surface area (Å²) in [6.07, 6.45) is 4.87. The van der Waals surface area contributed by atoms with E-state index >= 15 is 0 Å². The number of hydrogen-bond acceptors (Lipinski definition) is 4. The third-order valence-corrected chi connectivity index (χ3v) is 3.54. The van der Waals surface area contributed by atoms with Gasteiger partial charge in [-0.3, -0.25) is 0 Å². The van der Waals surface area contributed by atoms with Gasteiger partial charge in [0.2, 0.25) is 0 Å². The van der Waals surface area contributed by atoms with Crippen molar-refractivity contribution in [2.45, 2.75) is 12.5 Å². The molecule has 0 saturated carbocycles. The molecule has 5 heteroatoms. The highest BCUT2D eigenvalue weighted by Gasteiger charge is 2.22. The zero-order chi connectivity index (χ0) is 11.8. The van der Waals surface area contributed by atoms with Crippen LogP contribution in [-0.4, -0.2) is 40.7 Å². The predicted octanol–water partition coefficient (Wildman–Crippen LogP) is 0.766. The normalized spacial score (nSPS) is 20.0. The molecule has 5 nitrogen and oxygen atoms in total. The van der Waals surface area contributed by atoms with Crippen LogP contribution in [0.25, 0.3) is 11.0 Å². The molecular weight excluding hydrogens is 214 g/mol. The van der Waals surface area contributed by atoms with Crippen LogP contribution in [0.4, 0.5) is 5.82 Å². The fourth-order valence-corrected chi connectivity index (χ4v) is 2.45. The highest BCUT2D eigenvalue weighted by Crippen LogP contribution is 2.24. The molecule has 1 aliphatic heterocycles. The lowest BCUT2D eigenvalue weighted by molar-refractivity contribution is 0.680. The molecule has 1 atom stereocenters. The first-order chi connectivity index (χ1) is 8.27. The molecule has 1 aliphatic rings. The minimum absolute atomic E-state index is 0.523. The van der Waals surface area contributed by atoms with Gasteiger partial charge in [0.25, 0.3) is 0 Å². The third kappa shape index (κ3) is 1.67. The van der Waals surface area contributed by atoms with Crippen molar-refractivity contribution >= 4 is 16.9 Å². The second-order valence-corrected chi connectivity index (χ2v) is 4.62. The number of likely N-dealkylation sites (N-methyl/N-ethyl adjacent to an activating group) is 1. The summed E-state index contributed by atoms with van der Waals surface area (Å²) in [6.45, 7) is 2.12. The van der Waals surface area contributed by atoms with Crippen molar-refractivity contribution in [1.29, 1.82) is 0 Å². The van der Waals surface area contributed by atoms with Gasteiger partial charge < -0.3 is 14.8 Å². The molecule has 3 heterocycles. The Morgan fingerprint density at radius 1 is 1.47 bits per heavy atom. The third-order valence-electron chi connectivity index (χ3n) is 3.54. The molecule has 0 amide bonds. The van der Waals surface area contributed by atoms with Crippen molar-refractivity contribution in [2.24, 2.45) is 7.05 Å². The van der Waals surface area contributed by atoms with E-state index in [1.54, 1.807) is 0 Å². The standard InChI is InChI=1S/C12H17N5/c1-16-8-15-11-10(16)4-6-14-12(11)17(2)9-3-5-13-7-9/h4,6,8-9,13H,3,5,7H2,1-2H3. The van der Waals surface area contributed by atoms with Crippen molar-refractivity contribution < 1.29 is 0 Å². The van der Waals surface area contributed by atoms with E-state index in [-0.39, 0.29) is 0 Å². The van der Waals surface area contributed by atoms with E-state index in [0.29, 0.717) is 6.04 Å². The van der Waals surface area contributed by atoms with Crippen molar-refractivity contribution in [3.8, 4) is 0 Å². The van der Waals surface area contributed by atoms with Gasteiger partial charge >= 0.3 is 0 Å². The maximum atomic E-state index is 4.49. The fraction of sp³-hybridized carbons (Fsp3) is 0.500. The molecule has 0 spiro atoms. The Morgan fingerprint density at radius 3 is 3.12 bits per heavy atom. The number of pyridine rings is 1. The van der Waals surface area contributed by atoms with Crippen LogP contribution in [0.2, 0.25) is 0 Å². The maximum Gasteiger partial charge on any atom is 0.156 e. The molecule has 1 N–H and O–H groups in total. The Kier molecular flexibility index (Phi) is 2.48. The molecule has 0 aromatic carbocycles. The Hall–Kier alpha value is -1.62. The van der Waals surface area contributed by atoms with Crippen LogP contribution in [0.5, 0.6) is 0 Å². The van der Waals surface area contributed by atoms with Crippen LogP contribution in [-0.2, 0) is 7.05 Å². The number of imidazole rings is 1. The maximum absolute atomic E-state index is 4.49. The van der Waals surface area contributed by atoms with Crippen LogP contribution in [0, 0.1) is 0 Å². The molecule has 1 saturated heterocycles. The lowest BCUT2D eigenvalue weighted by atomic mass is 10.2. The van der Waals surface area contributed by atoms with E-state index in [4.69, 9.17) is 0 Å². The Morgan fingerprint density at radius 2 is 2.35 bits per heavy atom. The van der Waals surface area contributed by atoms with Crippen LogP contribution in [0.1, 0.15) is 6.42 Å². The molecule has 17 heavy (non-hydrogen) atoms. The topological polar surface area (TPSA) is 46.0 Å². The SMILES string of the molecule is CN(c1nccc2c1ncn2C)C1CCNC1. The number of hydrogen-bond donors (Lipinski definition) is 1. The molecule has 0 bridgehead atoms. The zero-order valence-corrected chi connectivity index (χ0v) is 10.2. The molecule has 90 valence electrons. The number of aromatic nitrogens is 3. The summed E-state index contributed by atoms with van der Waals surface area (Å²) in [7, 11) is 4.12. The average molecular weight is 231 g/mol. The summed E-state index contributed by atoms with van der Waals surface area (Å²) in [5.74, 6) is 0.983. The van der Waals surface area contributed by atoms with Gasteiger partial charge in [0, 0.05) is 32.9 Å². The first-order valence-corrected chi connectivity index (χ1v) is 5.97. The van der Waals surface area contributed by atoms with E-state index in [1.165, 1.54) is 6.42 Å². The number of nitrogens with one attached hydrogen (secondary N) is 1. The number of rotatable bonds is 2. The van der Waals surface area contributed by atoms with Gasteiger partial charge in [-0.1, -0.05) is 0 Å². The summed E-state index contributed by atoms with van der Waals surface area (Å²) in [4.78, 5) is 11.2. The van der Waals surface area contributed by atoms with Crippen molar-refractivity contribution in [1.82, 2.24) is 19.9 Å². The summed E-state index contributed by atoms with van der Waals surface area (Å²) in [5.41, 5.74) is 2.12. The Balaban J connectivity index is 2.04. The van der Waals surface area contributed by atoms with E-state index in [9.17, 15) is 0 Å². The van der Waals surface area contributed by atoms with Gasteiger partial charge in [-0.05, 0) is 19.0 Å². The molecule has 0 aliphatic carbocycles. The quantitative estimate of drug-likeness (QED) is 0.829. The van der Waals surface area contributed by atoms with Crippen molar-refractivity contribution in [2.75, 3.05) is 25.0 Å². The van der Waals surface area contributed by atoms with Gasteiger partial charge in [-0.15, -0.1) is 0 Å². The minimum Gasteiger partial charge on any atom is -0.354 e. The fourth-order valence-electron chi connectivity index (χ4n) is 2.45. The first-order valence-electron chi connectivity index (χ1n) is 5.97. The van der Waals surface area contributed by atoms with E-state index in [0.717, 1.165) is 29.9 Å². The molecule has 3 rings (SSSR count). The molecule has 0 radical (unpaired) electrons. The van der Waals surface area contributed by atoms with Crippen LogP contribution < -0.4 is 10.2 Å². The van der Waals surface area contributed by atoms with E-state index in [2.05, 4.69) is 27.2 Å². The average Bonchev–Trinajstić information content (AvgIpc) is 2.98. The van der Waals surface area contributed by atoms with E-state index in [1.807, 2.05) is 30.2 Å². The lowest BCUT2D eigenvalue weighted by Gasteiger charge is -2.24. The number of aryl methyl sites for hydroxylation is 1. The Labute approximate surface area is 100 Å². The predicted molar refractivity (Wildman–Crippen MR) is 68.2 cm³/mol. The van der Waals surface area contributed by atoms with Gasteiger partial charge in [0.15, 0.2) is 5.82 Å². The van der Waals surface area contributed by atoms with Gasteiger partial charge in [0.1, 0.15) is 5.52 Å². The highest BCUT2D eigenvalue weighted by molar-refractivity contribution is 5.86. The number of fused-ring (bicyclic) bond motifs is 1. The molecule has 2 aromatic heterocycles. The summed E-state index contributed by atoms with van der Waals surface area (Å²) in [5, 5.41) is 3.38. The second kappa shape index (κ2) is 4.00. The van der Waals surface area contributed by atoms with Crippen LogP contribution in [0.15, 0.2) is 18.6 Å². The van der Waals surface area contributed by atoms with Gasteiger partial charge in [0.05, 0.1) is 11.8 Å². The number of nitrogens with zero attached hydrogens (tertiary/aromatic N) is 4. The van der Waals surface area contributed by atoms with Gasteiger partial charge in [-0.2, -0.15) is 0 Å². The monoisotopic (exact) mass is 231 g/mol. The minimum atomic E-state index is 0.523. The molecule has 1 unspecified atom stereocenters. The number of anilines is 1. The summed E-state index contributed by atoms with van der Waals surface area (Å²) < 4.78 is 2.03. The molecular formula is C12H17N5. The van der Waals surface area contributed by atoms with E-state index < -0.39 is 0 Å². The Bertz CT molecular complexity index is 527. The highest BCUT2D eigenvalue weighted by atomic mass is 15.2. The first kappa shape index (κ1) is 10.5. The summed E-state index contributed by atoms with van der Waals surface area (Å²) >= 11 is 0. The second-order valence-electron chi connectivity index (χ2n) is 4.62.